The van der Waals surface area contributed by atoms with Crippen LogP contribution in [0.25, 0.3) is 0 Å². The highest BCUT2D eigenvalue weighted by Crippen LogP contribution is 2.36. The second-order valence-electron chi connectivity index (χ2n) is 4.49. The molecule has 1 atom stereocenters. The summed E-state index contributed by atoms with van der Waals surface area (Å²) in [6, 6.07) is 8.28. The molecular weight excluding hydrogens is 306 g/mol. The van der Waals surface area contributed by atoms with Gasteiger partial charge in [0, 0.05) is 5.02 Å². The zero-order chi connectivity index (χ0) is 14.2. The molecule has 0 aliphatic heterocycles. The number of alkyl halides is 1. The standard InChI is InChI=1S/C15H12Cl3F/c1-8-5-11(12(16)6-9(8)2)15(18)10-3-4-14(19)13(17)7-10/h3-7,15H,1-2H3. The van der Waals surface area contributed by atoms with Gasteiger partial charge < -0.3 is 0 Å². The summed E-state index contributed by atoms with van der Waals surface area (Å²) in [6.45, 7) is 3.99. The summed E-state index contributed by atoms with van der Waals surface area (Å²) in [5, 5.41) is 0.205. The number of aryl methyl sites for hydroxylation is 2. The van der Waals surface area contributed by atoms with Gasteiger partial charge in [-0.25, -0.2) is 4.39 Å². The van der Waals surface area contributed by atoms with Crippen LogP contribution < -0.4 is 0 Å². The molecule has 0 amide bonds. The van der Waals surface area contributed by atoms with Gasteiger partial charge in [0.15, 0.2) is 0 Å². The molecule has 0 N–H and O–H groups in total. The lowest BCUT2D eigenvalue weighted by atomic mass is 10.00. The van der Waals surface area contributed by atoms with E-state index in [1.807, 2.05) is 26.0 Å². The molecule has 0 bridgehead atoms. The van der Waals surface area contributed by atoms with Gasteiger partial charge in [-0.15, -0.1) is 11.6 Å². The average Bonchev–Trinajstić information content (AvgIpc) is 2.36. The number of hydrogen-bond acceptors (Lipinski definition) is 0. The molecule has 2 aromatic rings. The van der Waals surface area contributed by atoms with Crippen LogP contribution in [0, 0.1) is 19.7 Å². The van der Waals surface area contributed by atoms with Gasteiger partial charge in [-0.2, -0.15) is 0 Å². The number of hydrogen-bond donors (Lipinski definition) is 0. The van der Waals surface area contributed by atoms with Gasteiger partial charge in [-0.1, -0.05) is 35.3 Å². The number of rotatable bonds is 2. The van der Waals surface area contributed by atoms with E-state index in [0.717, 1.165) is 22.3 Å². The van der Waals surface area contributed by atoms with Crippen LogP contribution in [-0.2, 0) is 0 Å². The molecule has 0 nitrogen and oxygen atoms in total. The molecular formula is C15H12Cl3F. The first kappa shape index (κ1) is 14.6. The molecule has 0 aliphatic carbocycles. The van der Waals surface area contributed by atoms with Crippen molar-refractivity contribution in [2.24, 2.45) is 0 Å². The van der Waals surface area contributed by atoms with E-state index >= 15 is 0 Å². The molecule has 100 valence electrons. The summed E-state index contributed by atoms with van der Waals surface area (Å²) in [6.07, 6.45) is 0. The van der Waals surface area contributed by atoms with E-state index in [9.17, 15) is 4.39 Å². The largest absolute Gasteiger partial charge is 0.205 e. The highest BCUT2D eigenvalue weighted by Gasteiger charge is 2.16. The minimum atomic E-state index is -0.458. The van der Waals surface area contributed by atoms with E-state index < -0.39 is 11.2 Å². The molecule has 0 saturated carbocycles. The second-order valence-corrected chi connectivity index (χ2v) is 5.74. The van der Waals surface area contributed by atoms with Crippen molar-refractivity contribution < 1.29 is 4.39 Å². The predicted molar refractivity (Wildman–Crippen MR) is 80.0 cm³/mol. The van der Waals surface area contributed by atoms with Crippen LogP contribution in [0.1, 0.15) is 27.6 Å². The Hall–Kier alpha value is -0.760. The van der Waals surface area contributed by atoms with E-state index in [2.05, 4.69) is 0 Å². The molecule has 0 heterocycles. The van der Waals surface area contributed by atoms with Gasteiger partial charge >= 0.3 is 0 Å². The first-order valence-corrected chi connectivity index (χ1v) is 6.95. The number of benzene rings is 2. The lowest BCUT2D eigenvalue weighted by Crippen LogP contribution is -1.97. The van der Waals surface area contributed by atoms with Gasteiger partial charge in [-0.3, -0.25) is 0 Å². The molecule has 0 fully saturated rings. The van der Waals surface area contributed by atoms with E-state index in [1.165, 1.54) is 12.1 Å². The summed E-state index contributed by atoms with van der Waals surface area (Å²) in [4.78, 5) is 0. The Morgan fingerprint density at radius 2 is 1.58 bits per heavy atom. The van der Waals surface area contributed by atoms with Gasteiger partial charge in [-0.05, 0) is 54.3 Å². The van der Waals surface area contributed by atoms with E-state index in [0.29, 0.717) is 5.02 Å². The third-order valence-electron chi connectivity index (χ3n) is 3.12. The van der Waals surface area contributed by atoms with Crippen molar-refractivity contribution in [3.8, 4) is 0 Å². The van der Waals surface area contributed by atoms with Crippen LogP contribution >= 0.6 is 34.8 Å². The van der Waals surface area contributed by atoms with Crippen LogP contribution in [0.15, 0.2) is 30.3 Å². The highest BCUT2D eigenvalue weighted by molar-refractivity contribution is 6.33. The fourth-order valence-corrected chi connectivity index (χ4v) is 2.74. The second kappa shape index (κ2) is 5.70. The molecule has 0 radical (unpaired) electrons. The Balaban J connectivity index is 2.46. The summed E-state index contributed by atoms with van der Waals surface area (Å²) < 4.78 is 13.2. The Labute approximate surface area is 127 Å². The van der Waals surface area contributed by atoms with Crippen molar-refractivity contribution in [1.29, 1.82) is 0 Å². The Bertz CT molecular complexity index is 623. The Morgan fingerprint density at radius 1 is 0.947 bits per heavy atom. The SMILES string of the molecule is Cc1cc(Cl)c(C(Cl)c2ccc(F)c(Cl)c2)cc1C. The lowest BCUT2D eigenvalue weighted by Gasteiger charge is -2.15. The average molecular weight is 318 g/mol. The Morgan fingerprint density at radius 3 is 2.21 bits per heavy atom. The maximum Gasteiger partial charge on any atom is 0.141 e. The minimum Gasteiger partial charge on any atom is -0.205 e. The highest BCUT2D eigenvalue weighted by atomic mass is 35.5. The van der Waals surface area contributed by atoms with Crippen molar-refractivity contribution in [3.63, 3.8) is 0 Å². The molecule has 0 aliphatic rings. The summed E-state index contributed by atoms with van der Waals surface area (Å²) in [5.74, 6) is -0.458. The van der Waals surface area contributed by atoms with Crippen LogP contribution in [0.4, 0.5) is 4.39 Å². The van der Waals surface area contributed by atoms with Crippen LogP contribution in [0.5, 0.6) is 0 Å². The topological polar surface area (TPSA) is 0 Å². The molecule has 2 rings (SSSR count). The first-order chi connectivity index (χ1) is 8.90. The maximum atomic E-state index is 13.2. The predicted octanol–water partition coefficient (Wildman–Crippen LogP) is 6.08. The van der Waals surface area contributed by atoms with E-state index in [4.69, 9.17) is 34.8 Å². The van der Waals surface area contributed by atoms with Crippen molar-refractivity contribution in [3.05, 3.63) is 68.4 Å². The fraction of sp³-hybridized carbons (Fsp3) is 0.200. The molecule has 2 aromatic carbocycles. The normalized spacial score (nSPS) is 12.5. The third-order valence-corrected chi connectivity index (χ3v) is 4.23. The summed E-state index contributed by atoms with van der Waals surface area (Å²) >= 11 is 18.4. The van der Waals surface area contributed by atoms with Crippen molar-refractivity contribution >= 4 is 34.8 Å². The molecule has 19 heavy (non-hydrogen) atoms. The summed E-state index contributed by atoms with van der Waals surface area (Å²) in [7, 11) is 0. The summed E-state index contributed by atoms with van der Waals surface area (Å²) in [5.41, 5.74) is 3.74. The number of halogens is 4. The fourth-order valence-electron chi connectivity index (χ4n) is 1.85. The maximum absolute atomic E-state index is 13.2. The van der Waals surface area contributed by atoms with Crippen molar-refractivity contribution in [1.82, 2.24) is 0 Å². The van der Waals surface area contributed by atoms with Crippen molar-refractivity contribution in [2.45, 2.75) is 19.2 Å². The first-order valence-electron chi connectivity index (χ1n) is 5.76. The third kappa shape index (κ3) is 3.05. The Kier molecular flexibility index (Phi) is 4.39. The zero-order valence-electron chi connectivity index (χ0n) is 10.5. The van der Waals surface area contributed by atoms with Gasteiger partial charge in [0.25, 0.3) is 0 Å². The molecule has 0 aromatic heterocycles. The lowest BCUT2D eigenvalue weighted by molar-refractivity contribution is 0.627. The smallest absolute Gasteiger partial charge is 0.141 e. The van der Waals surface area contributed by atoms with Gasteiger partial charge in [0.2, 0.25) is 0 Å². The van der Waals surface area contributed by atoms with Crippen LogP contribution in [-0.4, -0.2) is 0 Å². The van der Waals surface area contributed by atoms with Crippen LogP contribution in [0.2, 0.25) is 10.0 Å². The molecule has 0 saturated heterocycles. The van der Waals surface area contributed by atoms with Gasteiger partial charge in [0.05, 0.1) is 10.4 Å². The van der Waals surface area contributed by atoms with Crippen molar-refractivity contribution in [2.75, 3.05) is 0 Å². The van der Waals surface area contributed by atoms with Gasteiger partial charge in [0.1, 0.15) is 5.82 Å². The molecule has 1 unspecified atom stereocenters. The van der Waals surface area contributed by atoms with Crippen LogP contribution in [0.3, 0.4) is 0 Å². The zero-order valence-corrected chi connectivity index (χ0v) is 12.7. The molecule has 4 heteroatoms. The minimum absolute atomic E-state index is 0.0584. The molecule has 0 spiro atoms. The monoisotopic (exact) mass is 316 g/mol. The van der Waals surface area contributed by atoms with E-state index in [-0.39, 0.29) is 5.02 Å². The van der Waals surface area contributed by atoms with E-state index in [1.54, 1.807) is 6.07 Å². The quantitative estimate of drug-likeness (QED) is 0.589.